The molecular weight excluding hydrogens is 151 g/mol. The third kappa shape index (κ3) is 1.16. The number of anilines is 2. The van der Waals surface area contributed by atoms with Crippen molar-refractivity contribution in [3.05, 3.63) is 18.2 Å². The minimum Gasteiger partial charge on any atom is -0.397 e. The zero-order valence-electron chi connectivity index (χ0n) is 5.17. The maximum absolute atomic E-state index is 11.9. The molecular formula is C6H7FN2S. The molecule has 0 atom stereocenters. The van der Waals surface area contributed by atoms with Crippen molar-refractivity contribution in [3.8, 4) is 0 Å². The normalized spacial score (nSPS) is 9.70. The summed E-state index contributed by atoms with van der Waals surface area (Å²) < 4.78 is 11.9. The molecule has 0 saturated carbocycles. The minimum atomic E-state index is 0.105. The Morgan fingerprint density at radius 3 is 2.50 bits per heavy atom. The van der Waals surface area contributed by atoms with Crippen molar-refractivity contribution in [2.75, 3.05) is 11.5 Å². The van der Waals surface area contributed by atoms with Crippen LogP contribution in [0.5, 0.6) is 0 Å². The fourth-order valence-corrected chi connectivity index (χ4v) is 0.959. The topological polar surface area (TPSA) is 52.0 Å². The average molecular weight is 158 g/mol. The zero-order valence-corrected chi connectivity index (χ0v) is 5.99. The van der Waals surface area contributed by atoms with E-state index < -0.39 is 0 Å². The molecule has 4 heteroatoms. The van der Waals surface area contributed by atoms with Crippen molar-refractivity contribution in [2.24, 2.45) is 0 Å². The van der Waals surface area contributed by atoms with Gasteiger partial charge < -0.3 is 11.5 Å². The highest BCUT2D eigenvalue weighted by Gasteiger charge is 2.00. The van der Waals surface area contributed by atoms with Gasteiger partial charge in [0, 0.05) is 0 Å². The van der Waals surface area contributed by atoms with Gasteiger partial charge in [0.1, 0.15) is 0 Å². The van der Waals surface area contributed by atoms with Crippen molar-refractivity contribution in [2.45, 2.75) is 4.90 Å². The number of benzene rings is 1. The molecule has 0 unspecified atom stereocenters. The predicted molar refractivity (Wildman–Crippen MR) is 42.2 cm³/mol. The summed E-state index contributed by atoms with van der Waals surface area (Å²) in [7, 11) is 0. The lowest BCUT2D eigenvalue weighted by Crippen LogP contribution is -1.94. The minimum absolute atomic E-state index is 0.105. The van der Waals surface area contributed by atoms with Crippen LogP contribution in [0.25, 0.3) is 0 Å². The van der Waals surface area contributed by atoms with Crippen LogP contribution in [0.4, 0.5) is 15.3 Å². The van der Waals surface area contributed by atoms with Gasteiger partial charge in [0.2, 0.25) is 0 Å². The van der Waals surface area contributed by atoms with Gasteiger partial charge in [-0.25, -0.2) is 0 Å². The molecule has 54 valence electrons. The molecule has 10 heavy (non-hydrogen) atoms. The molecule has 0 saturated heterocycles. The molecule has 4 N–H and O–H groups in total. The van der Waals surface area contributed by atoms with Crippen molar-refractivity contribution in [1.29, 1.82) is 0 Å². The third-order valence-electron chi connectivity index (χ3n) is 1.18. The molecule has 0 bridgehead atoms. The predicted octanol–water partition coefficient (Wildman–Crippen LogP) is 1.83. The van der Waals surface area contributed by atoms with Crippen LogP contribution in [-0.4, -0.2) is 0 Å². The number of hydrogen-bond donors (Lipinski definition) is 2. The molecule has 0 aliphatic rings. The third-order valence-corrected chi connectivity index (χ3v) is 1.71. The molecule has 1 rings (SSSR count). The summed E-state index contributed by atoms with van der Waals surface area (Å²) >= 11 is 0.105. The van der Waals surface area contributed by atoms with Crippen LogP contribution in [0, 0.1) is 0 Å². The van der Waals surface area contributed by atoms with Gasteiger partial charge in [0.05, 0.1) is 28.4 Å². The molecule has 0 spiro atoms. The van der Waals surface area contributed by atoms with E-state index in [0.717, 1.165) is 0 Å². The molecule has 0 heterocycles. The molecule has 0 radical (unpaired) electrons. The van der Waals surface area contributed by atoms with Crippen LogP contribution in [0.1, 0.15) is 0 Å². The molecule has 1 aromatic rings. The maximum atomic E-state index is 11.9. The molecule has 1 aromatic carbocycles. The summed E-state index contributed by atoms with van der Waals surface area (Å²) in [6.07, 6.45) is 0. The van der Waals surface area contributed by atoms with Gasteiger partial charge in [-0.15, -0.1) is 0 Å². The first-order valence-electron chi connectivity index (χ1n) is 2.68. The molecule has 0 aliphatic carbocycles. The summed E-state index contributed by atoms with van der Waals surface area (Å²) in [6.45, 7) is 0. The zero-order chi connectivity index (χ0) is 7.56. The summed E-state index contributed by atoms with van der Waals surface area (Å²) in [5, 5.41) is 0. The van der Waals surface area contributed by atoms with Crippen molar-refractivity contribution in [1.82, 2.24) is 0 Å². The summed E-state index contributed by atoms with van der Waals surface area (Å²) in [5.74, 6) is 0. The Labute approximate surface area is 62.7 Å². The van der Waals surface area contributed by atoms with Gasteiger partial charge in [0.25, 0.3) is 0 Å². The quantitative estimate of drug-likeness (QED) is 0.613. The number of halogens is 1. The summed E-state index contributed by atoms with van der Waals surface area (Å²) in [6, 6.07) is 4.87. The van der Waals surface area contributed by atoms with Crippen molar-refractivity contribution >= 4 is 23.5 Å². The highest BCUT2D eigenvalue weighted by Crippen LogP contribution is 2.29. The number of nitrogens with two attached hydrogens (primary N) is 2. The van der Waals surface area contributed by atoms with Gasteiger partial charge in [-0.05, 0) is 12.1 Å². The van der Waals surface area contributed by atoms with E-state index >= 15 is 0 Å². The Hall–Kier alpha value is -0.900. The molecule has 0 fully saturated rings. The van der Waals surface area contributed by atoms with E-state index in [1.165, 1.54) is 0 Å². The second kappa shape index (κ2) is 2.79. The van der Waals surface area contributed by atoms with Crippen molar-refractivity contribution < 1.29 is 3.89 Å². The Morgan fingerprint density at radius 2 is 2.00 bits per heavy atom. The van der Waals surface area contributed by atoms with E-state index in [4.69, 9.17) is 11.5 Å². The van der Waals surface area contributed by atoms with Crippen LogP contribution in [-0.2, 0) is 0 Å². The standard InChI is InChI=1S/C6H7FN2S/c7-10-5-3-1-2-4(8)6(5)9/h1-3H,8-9H2. The lowest BCUT2D eigenvalue weighted by molar-refractivity contribution is 0.935. The number of nitrogen functional groups attached to an aromatic ring is 2. The second-order valence-electron chi connectivity index (χ2n) is 1.84. The first kappa shape index (κ1) is 7.21. The Kier molecular flexibility index (Phi) is 2.01. The van der Waals surface area contributed by atoms with Gasteiger partial charge in [-0.3, -0.25) is 0 Å². The van der Waals surface area contributed by atoms with E-state index in [2.05, 4.69) is 0 Å². The van der Waals surface area contributed by atoms with Gasteiger partial charge in [-0.2, -0.15) is 3.89 Å². The van der Waals surface area contributed by atoms with Crippen LogP contribution in [0.2, 0.25) is 0 Å². The number of para-hydroxylation sites is 1. The number of hydrogen-bond acceptors (Lipinski definition) is 3. The van der Waals surface area contributed by atoms with Gasteiger partial charge in [0.15, 0.2) is 0 Å². The maximum Gasteiger partial charge on any atom is 0.0834 e. The number of rotatable bonds is 1. The first-order valence-corrected chi connectivity index (χ1v) is 3.40. The fraction of sp³-hybridized carbons (Fsp3) is 0. The SMILES string of the molecule is Nc1cccc(SF)c1N. The first-order chi connectivity index (χ1) is 4.75. The van der Waals surface area contributed by atoms with E-state index in [1.54, 1.807) is 18.2 Å². The molecule has 0 aliphatic heterocycles. The Bertz CT molecular complexity index is 239. The average Bonchev–Trinajstić information content (AvgIpc) is 1.95. The van der Waals surface area contributed by atoms with Gasteiger partial charge in [-0.1, -0.05) is 6.07 Å². The summed E-state index contributed by atoms with van der Waals surface area (Å²) in [4.78, 5) is 0.375. The Balaban J connectivity index is 3.14. The summed E-state index contributed by atoms with van der Waals surface area (Å²) in [5.41, 5.74) is 11.5. The monoisotopic (exact) mass is 158 g/mol. The highest BCUT2D eigenvalue weighted by atomic mass is 32.2. The molecule has 0 amide bonds. The largest absolute Gasteiger partial charge is 0.397 e. The molecule has 2 nitrogen and oxygen atoms in total. The lowest BCUT2D eigenvalue weighted by Gasteiger charge is -2.01. The second-order valence-corrected chi connectivity index (χ2v) is 2.43. The van der Waals surface area contributed by atoms with Crippen LogP contribution >= 0.6 is 12.1 Å². The fourth-order valence-electron chi connectivity index (χ4n) is 0.628. The highest BCUT2D eigenvalue weighted by molar-refractivity contribution is 7.94. The van der Waals surface area contributed by atoms with Crippen LogP contribution in [0.3, 0.4) is 0 Å². The molecule has 0 aromatic heterocycles. The van der Waals surface area contributed by atoms with E-state index in [1.807, 2.05) is 0 Å². The van der Waals surface area contributed by atoms with Crippen molar-refractivity contribution in [3.63, 3.8) is 0 Å². The van der Waals surface area contributed by atoms with E-state index in [9.17, 15) is 3.89 Å². The van der Waals surface area contributed by atoms with E-state index in [-0.39, 0.29) is 12.1 Å². The lowest BCUT2D eigenvalue weighted by atomic mass is 10.3. The van der Waals surface area contributed by atoms with E-state index in [0.29, 0.717) is 16.3 Å². The Morgan fingerprint density at radius 1 is 1.30 bits per heavy atom. The van der Waals surface area contributed by atoms with Gasteiger partial charge >= 0.3 is 0 Å². The van der Waals surface area contributed by atoms with Crippen LogP contribution < -0.4 is 11.5 Å². The smallest absolute Gasteiger partial charge is 0.0834 e. The van der Waals surface area contributed by atoms with Crippen LogP contribution in [0.15, 0.2) is 23.1 Å².